The lowest BCUT2D eigenvalue weighted by Gasteiger charge is -2.22. The van der Waals surface area contributed by atoms with Gasteiger partial charge in [0.25, 0.3) is 0 Å². The lowest BCUT2D eigenvalue weighted by Crippen LogP contribution is -2.26. The first-order valence-corrected chi connectivity index (χ1v) is 7.61. The van der Waals surface area contributed by atoms with E-state index in [0.29, 0.717) is 4.90 Å². The summed E-state index contributed by atoms with van der Waals surface area (Å²) in [4.78, 5) is 2.73. The summed E-state index contributed by atoms with van der Waals surface area (Å²) in [5.41, 5.74) is 1.16. The van der Waals surface area contributed by atoms with Gasteiger partial charge in [-0.2, -0.15) is 0 Å². The molecular formula is C13H17NO2S. The first kappa shape index (κ1) is 12.3. The maximum absolute atomic E-state index is 11.3. The normalized spacial score (nSPS) is 17.2. The minimum absolute atomic E-state index is 0.389. The SMILES string of the molecule is CS(=O)(=O)c1ccc(CN2CC=CCC2)cc1. The van der Waals surface area contributed by atoms with Crippen LogP contribution >= 0.6 is 0 Å². The Morgan fingerprint density at radius 3 is 2.41 bits per heavy atom. The molecule has 1 aliphatic heterocycles. The number of hydrogen-bond acceptors (Lipinski definition) is 3. The second-order valence-corrected chi connectivity index (χ2v) is 6.43. The second kappa shape index (κ2) is 5.02. The fraction of sp³-hybridized carbons (Fsp3) is 0.385. The summed E-state index contributed by atoms with van der Waals surface area (Å²) in [5, 5.41) is 0. The Morgan fingerprint density at radius 2 is 1.88 bits per heavy atom. The largest absolute Gasteiger partial charge is 0.295 e. The molecule has 1 heterocycles. The van der Waals surface area contributed by atoms with Crippen LogP contribution in [0.5, 0.6) is 0 Å². The maximum Gasteiger partial charge on any atom is 0.175 e. The molecular weight excluding hydrogens is 234 g/mol. The van der Waals surface area contributed by atoms with Crippen molar-refractivity contribution in [1.82, 2.24) is 4.90 Å². The third-order valence-corrected chi connectivity index (χ3v) is 4.03. The van der Waals surface area contributed by atoms with E-state index in [0.717, 1.165) is 31.6 Å². The highest BCUT2D eigenvalue weighted by molar-refractivity contribution is 7.90. The van der Waals surface area contributed by atoms with E-state index >= 15 is 0 Å². The zero-order chi connectivity index (χ0) is 12.3. The van der Waals surface area contributed by atoms with Crippen LogP contribution in [-0.2, 0) is 16.4 Å². The van der Waals surface area contributed by atoms with Crippen LogP contribution in [0.25, 0.3) is 0 Å². The summed E-state index contributed by atoms with van der Waals surface area (Å²) in [6.07, 6.45) is 6.70. The fourth-order valence-corrected chi connectivity index (χ4v) is 2.56. The van der Waals surface area contributed by atoms with E-state index in [1.165, 1.54) is 6.26 Å². The van der Waals surface area contributed by atoms with E-state index < -0.39 is 9.84 Å². The first-order valence-electron chi connectivity index (χ1n) is 5.72. The van der Waals surface area contributed by atoms with E-state index in [4.69, 9.17) is 0 Å². The summed E-state index contributed by atoms with van der Waals surface area (Å²) in [7, 11) is -3.08. The molecule has 0 saturated carbocycles. The molecule has 0 spiro atoms. The predicted molar refractivity (Wildman–Crippen MR) is 68.6 cm³/mol. The summed E-state index contributed by atoms with van der Waals surface area (Å²) < 4.78 is 22.6. The van der Waals surface area contributed by atoms with Gasteiger partial charge >= 0.3 is 0 Å². The van der Waals surface area contributed by atoms with E-state index in [-0.39, 0.29) is 0 Å². The molecule has 17 heavy (non-hydrogen) atoms. The summed E-state index contributed by atoms with van der Waals surface area (Å²) in [5.74, 6) is 0. The molecule has 0 N–H and O–H groups in total. The van der Waals surface area contributed by atoms with Gasteiger partial charge in [-0.15, -0.1) is 0 Å². The number of hydrogen-bond donors (Lipinski definition) is 0. The average Bonchev–Trinajstić information content (AvgIpc) is 2.30. The predicted octanol–water partition coefficient (Wildman–Crippen LogP) is 1.85. The Balaban J connectivity index is 2.05. The molecule has 0 fully saturated rings. The standard InChI is InChI=1S/C13H17NO2S/c1-17(15,16)13-7-5-12(6-8-13)11-14-9-3-2-4-10-14/h2-3,5-8H,4,9-11H2,1H3. The zero-order valence-corrected chi connectivity index (χ0v) is 10.8. The van der Waals surface area contributed by atoms with Gasteiger partial charge in [0.05, 0.1) is 4.90 Å². The Morgan fingerprint density at radius 1 is 1.18 bits per heavy atom. The van der Waals surface area contributed by atoms with Gasteiger partial charge in [0.15, 0.2) is 9.84 Å². The van der Waals surface area contributed by atoms with E-state index in [9.17, 15) is 8.42 Å². The van der Waals surface area contributed by atoms with Crippen molar-refractivity contribution in [3.63, 3.8) is 0 Å². The molecule has 4 heteroatoms. The van der Waals surface area contributed by atoms with Crippen LogP contribution in [0, 0.1) is 0 Å². The number of rotatable bonds is 3. The van der Waals surface area contributed by atoms with Crippen molar-refractivity contribution in [2.75, 3.05) is 19.3 Å². The van der Waals surface area contributed by atoms with Crippen molar-refractivity contribution in [1.29, 1.82) is 0 Å². The van der Waals surface area contributed by atoms with Gasteiger partial charge in [-0.25, -0.2) is 8.42 Å². The number of benzene rings is 1. The second-order valence-electron chi connectivity index (χ2n) is 4.41. The molecule has 0 amide bonds. The third-order valence-electron chi connectivity index (χ3n) is 2.90. The Hall–Kier alpha value is -1.13. The van der Waals surface area contributed by atoms with Gasteiger partial charge in [-0.05, 0) is 24.1 Å². The molecule has 0 unspecified atom stereocenters. The topological polar surface area (TPSA) is 37.4 Å². The van der Waals surface area contributed by atoms with Crippen LogP contribution in [0.2, 0.25) is 0 Å². The minimum Gasteiger partial charge on any atom is -0.295 e. The Labute approximate surface area is 103 Å². The van der Waals surface area contributed by atoms with Crippen molar-refractivity contribution >= 4 is 9.84 Å². The molecule has 3 nitrogen and oxygen atoms in total. The Kier molecular flexibility index (Phi) is 3.64. The molecule has 0 aliphatic carbocycles. The molecule has 1 aromatic rings. The average molecular weight is 251 g/mol. The van der Waals surface area contributed by atoms with E-state index in [1.54, 1.807) is 12.1 Å². The monoisotopic (exact) mass is 251 g/mol. The van der Waals surface area contributed by atoms with Crippen molar-refractivity contribution < 1.29 is 8.42 Å². The van der Waals surface area contributed by atoms with Crippen molar-refractivity contribution in [3.8, 4) is 0 Å². The third kappa shape index (κ3) is 3.41. The van der Waals surface area contributed by atoms with Crippen LogP contribution in [0.1, 0.15) is 12.0 Å². The van der Waals surface area contributed by atoms with Gasteiger partial charge in [-0.1, -0.05) is 24.3 Å². The lowest BCUT2D eigenvalue weighted by molar-refractivity contribution is 0.290. The van der Waals surface area contributed by atoms with Crippen molar-refractivity contribution in [2.24, 2.45) is 0 Å². The minimum atomic E-state index is -3.08. The van der Waals surface area contributed by atoms with Crippen LogP contribution in [-0.4, -0.2) is 32.7 Å². The molecule has 92 valence electrons. The smallest absolute Gasteiger partial charge is 0.175 e. The molecule has 0 aromatic heterocycles. The summed E-state index contributed by atoms with van der Waals surface area (Å²) >= 11 is 0. The van der Waals surface area contributed by atoms with Gasteiger partial charge in [0.2, 0.25) is 0 Å². The molecule has 0 radical (unpaired) electrons. The van der Waals surface area contributed by atoms with Crippen LogP contribution in [0.3, 0.4) is 0 Å². The Bertz CT molecular complexity index is 503. The van der Waals surface area contributed by atoms with Gasteiger partial charge in [-0.3, -0.25) is 4.90 Å². The van der Waals surface area contributed by atoms with Crippen molar-refractivity contribution in [2.45, 2.75) is 17.9 Å². The first-order chi connectivity index (χ1) is 8.05. The molecule has 0 atom stereocenters. The molecule has 2 rings (SSSR count). The summed E-state index contributed by atoms with van der Waals surface area (Å²) in [6, 6.07) is 7.16. The fourth-order valence-electron chi connectivity index (χ4n) is 1.93. The van der Waals surface area contributed by atoms with Gasteiger partial charge in [0, 0.05) is 25.9 Å². The summed E-state index contributed by atoms with van der Waals surface area (Å²) in [6.45, 7) is 2.94. The molecule has 0 saturated heterocycles. The molecule has 0 bridgehead atoms. The van der Waals surface area contributed by atoms with Gasteiger partial charge in [0.1, 0.15) is 0 Å². The maximum atomic E-state index is 11.3. The van der Waals surface area contributed by atoms with E-state index in [1.807, 2.05) is 12.1 Å². The molecule has 1 aliphatic rings. The van der Waals surface area contributed by atoms with Gasteiger partial charge < -0.3 is 0 Å². The zero-order valence-electron chi connectivity index (χ0n) is 9.96. The number of sulfone groups is 1. The van der Waals surface area contributed by atoms with Crippen molar-refractivity contribution in [3.05, 3.63) is 42.0 Å². The highest BCUT2D eigenvalue weighted by atomic mass is 32.2. The van der Waals surface area contributed by atoms with Crippen LogP contribution < -0.4 is 0 Å². The van der Waals surface area contributed by atoms with Crippen LogP contribution in [0.4, 0.5) is 0 Å². The highest BCUT2D eigenvalue weighted by Crippen LogP contribution is 2.13. The van der Waals surface area contributed by atoms with E-state index in [2.05, 4.69) is 17.1 Å². The quantitative estimate of drug-likeness (QED) is 0.769. The lowest BCUT2D eigenvalue weighted by atomic mass is 10.2. The van der Waals surface area contributed by atoms with Crippen LogP contribution in [0.15, 0.2) is 41.3 Å². The molecule has 1 aromatic carbocycles. The number of nitrogens with zero attached hydrogens (tertiary/aromatic N) is 1. The highest BCUT2D eigenvalue weighted by Gasteiger charge is 2.09.